The molecule has 0 spiro atoms. The molecule has 0 atom stereocenters. The zero-order valence-corrected chi connectivity index (χ0v) is 11.8. The SMILES string of the molecule is COc1ccc(-[n+]2sc(N)nc2-c2ccccc2)cc1. The Kier molecular flexibility index (Phi) is 3.35. The van der Waals surface area contributed by atoms with Crippen molar-refractivity contribution in [3.8, 4) is 22.8 Å². The Morgan fingerprint density at radius 3 is 2.40 bits per heavy atom. The highest BCUT2D eigenvalue weighted by molar-refractivity contribution is 7.05. The molecule has 2 aromatic carbocycles. The van der Waals surface area contributed by atoms with E-state index >= 15 is 0 Å². The van der Waals surface area contributed by atoms with Gasteiger partial charge in [-0.25, -0.2) is 0 Å². The molecule has 0 aliphatic heterocycles. The number of methoxy groups -OCH3 is 1. The van der Waals surface area contributed by atoms with E-state index in [0.29, 0.717) is 5.13 Å². The van der Waals surface area contributed by atoms with Crippen LogP contribution in [0.25, 0.3) is 17.1 Å². The van der Waals surface area contributed by atoms with Crippen molar-refractivity contribution in [3.05, 3.63) is 54.6 Å². The number of nitrogens with zero attached hydrogens (tertiary/aromatic N) is 2. The standard InChI is InChI=1S/C15H13N3OS/c1-19-13-9-7-12(8-10-13)18-14(17-15(16)20-18)11-5-3-2-4-6-11/h2-10,16H,1H3/p+1. The highest BCUT2D eigenvalue weighted by Crippen LogP contribution is 2.21. The molecule has 5 heteroatoms. The Balaban J connectivity index is 2.09. The fourth-order valence-electron chi connectivity index (χ4n) is 1.97. The number of ether oxygens (including phenoxy) is 1. The first kappa shape index (κ1) is 12.6. The van der Waals surface area contributed by atoms with Gasteiger partial charge in [-0.3, -0.25) is 0 Å². The summed E-state index contributed by atoms with van der Waals surface area (Å²) in [5, 5.41) is 0.541. The van der Waals surface area contributed by atoms with Crippen LogP contribution in [0.4, 0.5) is 5.13 Å². The van der Waals surface area contributed by atoms with Crippen molar-refractivity contribution in [2.45, 2.75) is 0 Å². The second kappa shape index (κ2) is 5.30. The van der Waals surface area contributed by atoms with Crippen molar-refractivity contribution < 1.29 is 8.69 Å². The van der Waals surface area contributed by atoms with Gasteiger partial charge in [0, 0.05) is 0 Å². The fourth-order valence-corrected chi connectivity index (χ4v) is 2.74. The number of benzene rings is 2. The average molecular weight is 284 g/mol. The van der Waals surface area contributed by atoms with Gasteiger partial charge < -0.3 is 10.5 Å². The molecule has 1 aromatic heterocycles. The summed E-state index contributed by atoms with van der Waals surface area (Å²) in [6.07, 6.45) is 0. The lowest BCUT2D eigenvalue weighted by atomic mass is 10.2. The van der Waals surface area contributed by atoms with Crippen LogP contribution in [0.2, 0.25) is 0 Å². The van der Waals surface area contributed by atoms with Crippen LogP contribution in [0, 0.1) is 0 Å². The minimum Gasteiger partial charge on any atom is -0.497 e. The fraction of sp³-hybridized carbons (Fsp3) is 0.0667. The molecule has 0 unspecified atom stereocenters. The molecule has 0 aliphatic carbocycles. The Morgan fingerprint density at radius 2 is 1.75 bits per heavy atom. The van der Waals surface area contributed by atoms with Crippen molar-refractivity contribution in [2.75, 3.05) is 12.8 Å². The number of nitrogens with two attached hydrogens (primary N) is 1. The zero-order chi connectivity index (χ0) is 13.9. The van der Waals surface area contributed by atoms with E-state index in [2.05, 4.69) is 4.98 Å². The van der Waals surface area contributed by atoms with Gasteiger partial charge in [0.05, 0.1) is 12.7 Å². The largest absolute Gasteiger partial charge is 0.497 e. The minimum atomic E-state index is 0.541. The number of hydrogen-bond donors (Lipinski definition) is 1. The van der Waals surface area contributed by atoms with Crippen molar-refractivity contribution in [2.24, 2.45) is 0 Å². The van der Waals surface area contributed by atoms with Gasteiger partial charge in [-0.2, -0.15) is 0 Å². The third-order valence-corrected chi connectivity index (χ3v) is 3.78. The average Bonchev–Trinajstić information content (AvgIpc) is 2.90. The molecule has 0 aliphatic rings. The van der Waals surface area contributed by atoms with Gasteiger partial charge in [0.25, 0.3) is 0 Å². The minimum absolute atomic E-state index is 0.541. The zero-order valence-electron chi connectivity index (χ0n) is 11.0. The topological polar surface area (TPSA) is 52.0 Å². The lowest BCUT2D eigenvalue weighted by molar-refractivity contribution is -0.509. The van der Waals surface area contributed by atoms with Gasteiger partial charge >= 0.3 is 11.0 Å². The molecule has 3 aromatic rings. The molecule has 0 bridgehead atoms. The van der Waals surface area contributed by atoms with Crippen LogP contribution in [0.5, 0.6) is 5.75 Å². The number of hydrogen-bond acceptors (Lipinski definition) is 4. The maximum absolute atomic E-state index is 5.87. The van der Waals surface area contributed by atoms with E-state index in [1.807, 2.05) is 58.6 Å². The van der Waals surface area contributed by atoms with E-state index in [1.165, 1.54) is 11.5 Å². The van der Waals surface area contributed by atoms with E-state index in [9.17, 15) is 0 Å². The molecule has 0 saturated heterocycles. The second-order valence-electron chi connectivity index (χ2n) is 4.22. The number of nitrogen functional groups attached to an aromatic ring is 1. The maximum atomic E-state index is 5.87. The Hall–Kier alpha value is -2.40. The first-order chi connectivity index (χ1) is 9.78. The van der Waals surface area contributed by atoms with Gasteiger partial charge in [-0.1, -0.05) is 18.2 Å². The maximum Gasteiger partial charge on any atom is 0.350 e. The molecule has 20 heavy (non-hydrogen) atoms. The lowest BCUT2D eigenvalue weighted by Crippen LogP contribution is -2.27. The number of anilines is 1. The summed E-state index contributed by atoms with van der Waals surface area (Å²) in [4.78, 5) is 4.43. The van der Waals surface area contributed by atoms with Gasteiger partial charge in [0.2, 0.25) is 0 Å². The van der Waals surface area contributed by atoms with Crippen molar-refractivity contribution >= 4 is 16.7 Å². The molecular weight excluding hydrogens is 270 g/mol. The van der Waals surface area contributed by atoms with E-state index in [4.69, 9.17) is 10.5 Å². The van der Waals surface area contributed by atoms with Crippen LogP contribution in [0.3, 0.4) is 0 Å². The highest BCUT2D eigenvalue weighted by atomic mass is 32.1. The highest BCUT2D eigenvalue weighted by Gasteiger charge is 2.22. The predicted octanol–water partition coefficient (Wildman–Crippen LogP) is 2.68. The van der Waals surface area contributed by atoms with Crippen LogP contribution >= 0.6 is 11.5 Å². The molecule has 100 valence electrons. The van der Waals surface area contributed by atoms with Gasteiger partial charge in [-0.05, 0) is 41.4 Å². The van der Waals surface area contributed by atoms with Crippen LogP contribution < -0.4 is 14.4 Å². The monoisotopic (exact) mass is 284 g/mol. The summed E-state index contributed by atoms with van der Waals surface area (Å²) in [6, 6.07) is 17.8. The third kappa shape index (κ3) is 2.35. The normalized spacial score (nSPS) is 10.4. The summed E-state index contributed by atoms with van der Waals surface area (Å²) in [5.74, 6) is 1.67. The molecule has 0 fully saturated rings. The molecule has 0 amide bonds. The van der Waals surface area contributed by atoms with Crippen molar-refractivity contribution in [3.63, 3.8) is 0 Å². The molecule has 1 heterocycles. The molecule has 0 radical (unpaired) electrons. The van der Waals surface area contributed by atoms with Gasteiger partial charge in [-0.15, -0.1) is 3.96 Å². The first-order valence-electron chi connectivity index (χ1n) is 6.16. The van der Waals surface area contributed by atoms with Gasteiger partial charge in [0.15, 0.2) is 0 Å². The van der Waals surface area contributed by atoms with Crippen LogP contribution in [-0.2, 0) is 0 Å². The summed E-state index contributed by atoms with van der Waals surface area (Å²) >= 11 is 1.42. The van der Waals surface area contributed by atoms with Gasteiger partial charge in [0.1, 0.15) is 23.0 Å². The predicted molar refractivity (Wildman–Crippen MR) is 80.0 cm³/mol. The second-order valence-corrected chi connectivity index (χ2v) is 5.19. The molecule has 4 nitrogen and oxygen atoms in total. The summed E-state index contributed by atoms with van der Waals surface area (Å²) in [7, 11) is 1.65. The van der Waals surface area contributed by atoms with Crippen LogP contribution in [0.15, 0.2) is 54.6 Å². The van der Waals surface area contributed by atoms with E-state index in [-0.39, 0.29) is 0 Å². The smallest absolute Gasteiger partial charge is 0.350 e. The summed E-state index contributed by atoms with van der Waals surface area (Å²) in [5.41, 5.74) is 7.92. The summed E-state index contributed by atoms with van der Waals surface area (Å²) in [6.45, 7) is 0. The Bertz CT molecular complexity index is 708. The van der Waals surface area contributed by atoms with E-state index < -0.39 is 0 Å². The molecule has 3 rings (SSSR count). The van der Waals surface area contributed by atoms with Crippen molar-refractivity contribution in [1.29, 1.82) is 0 Å². The number of aromatic nitrogens is 2. The quantitative estimate of drug-likeness (QED) is 0.752. The van der Waals surface area contributed by atoms with Crippen molar-refractivity contribution in [1.82, 2.24) is 4.98 Å². The third-order valence-electron chi connectivity index (χ3n) is 2.93. The Morgan fingerprint density at radius 1 is 1.05 bits per heavy atom. The first-order valence-corrected chi connectivity index (χ1v) is 6.94. The number of rotatable bonds is 3. The molecule has 0 saturated carbocycles. The molecule has 2 N–H and O–H groups in total. The summed E-state index contributed by atoms with van der Waals surface area (Å²) < 4.78 is 7.20. The van der Waals surface area contributed by atoms with Crippen LogP contribution in [0.1, 0.15) is 0 Å². The van der Waals surface area contributed by atoms with Crippen LogP contribution in [-0.4, -0.2) is 12.1 Å². The lowest BCUT2D eigenvalue weighted by Gasteiger charge is -2.00. The molecular formula is C15H14N3OS+. The van der Waals surface area contributed by atoms with E-state index in [1.54, 1.807) is 7.11 Å². The van der Waals surface area contributed by atoms with E-state index in [0.717, 1.165) is 22.8 Å². The Labute approximate surface area is 121 Å².